The van der Waals surface area contributed by atoms with Crippen LogP contribution in [0.5, 0.6) is 0 Å². The molecule has 6 heteroatoms. The van der Waals surface area contributed by atoms with Gasteiger partial charge in [0.15, 0.2) is 0 Å². The van der Waals surface area contributed by atoms with Crippen molar-refractivity contribution in [2.75, 3.05) is 13.6 Å². The Morgan fingerprint density at radius 3 is 2.29 bits per heavy atom. The summed E-state index contributed by atoms with van der Waals surface area (Å²) in [7, 11) is 1.35. The highest BCUT2D eigenvalue weighted by atomic mass is 32.1. The van der Waals surface area contributed by atoms with Gasteiger partial charge < -0.3 is 4.90 Å². The van der Waals surface area contributed by atoms with Gasteiger partial charge in [0.25, 0.3) is 5.91 Å². The summed E-state index contributed by atoms with van der Waals surface area (Å²) < 4.78 is 36.0. The van der Waals surface area contributed by atoms with Crippen LogP contribution in [0.3, 0.4) is 0 Å². The van der Waals surface area contributed by atoms with E-state index >= 15 is 0 Å². The van der Waals surface area contributed by atoms with Crippen molar-refractivity contribution in [1.29, 1.82) is 0 Å². The Balaban J connectivity index is 2.61. The minimum atomic E-state index is -4.25. The molecule has 17 heavy (non-hydrogen) atoms. The van der Waals surface area contributed by atoms with Crippen LogP contribution in [0.2, 0.25) is 0 Å². The Bertz CT molecular complexity index is 389. The van der Waals surface area contributed by atoms with Gasteiger partial charge in [-0.3, -0.25) is 4.79 Å². The summed E-state index contributed by atoms with van der Waals surface area (Å²) in [5, 5.41) is 0. The maximum Gasteiger partial charge on any atom is 0.390 e. The zero-order valence-corrected chi connectivity index (χ0v) is 10.1. The van der Waals surface area contributed by atoms with Crippen LogP contribution in [0.25, 0.3) is 0 Å². The first-order valence-corrected chi connectivity index (χ1v) is 5.35. The minimum Gasteiger partial charge on any atom is -0.341 e. The first kappa shape index (κ1) is 13.9. The highest BCUT2D eigenvalue weighted by Gasteiger charge is 2.28. The van der Waals surface area contributed by atoms with Crippen LogP contribution in [0, 0.1) is 0 Å². The van der Waals surface area contributed by atoms with Gasteiger partial charge in [-0.1, -0.05) is 0 Å². The van der Waals surface area contributed by atoms with E-state index in [-0.39, 0.29) is 6.54 Å². The molecule has 0 fully saturated rings. The van der Waals surface area contributed by atoms with Crippen molar-refractivity contribution in [3.63, 3.8) is 0 Å². The number of carbonyl (C=O) groups excluding carboxylic acids is 1. The largest absolute Gasteiger partial charge is 0.390 e. The first-order chi connectivity index (χ1) is 7.79. The lowest BCUT2D eigenvalue weighted by molar-refractivity contribution is -0.136. The quantitative estimate of drug-likeness (QED) is 0.831. The van der Waals surface area contributed by atoms with E-state index in [1.165, 1.54) is 19.2 Å². The molecule has 0 N–H and O–H groups in total. The van der Waals surface area contributed by atoms with Crippen LogP contribution >= 0.6 is 12.6 Å². The van der Waals surface area contributed by atoms with Gasteiger partial charge in [-0.25, -0.2) is 0 Å². The Hall–Kier alpha value is -1.17. The van der Waals surface area contributed by atoms with Crippen LogP contribution < -0.4 is 0 Å². The SMILES string of the molecule is CN(CCC(F)(F)F)C(=O)c1ccc(S)cc1. The molecule has 0 radical (unpaired) electrons. The standard InChI is InChI=1S/C11H12F3NOS/c1-15(7-6-11(12,13)14)10(16)8-2-4-9(17)5-3-8/h2-5,17H,6-7H2,1H3. The zero-order valence-electron chi connectivity index (χ0n) is 9.16. The van der Waals surface area contributed by atoms with Crippen molar-refractivity contribution < 1.29 is 18.0 Å². The monoisotopic (exact) mass is 263 g/mol. The van der Waals surface area contributed by atoms with Gasteiger partial charge in [-0.2, -0.15) is 13.2 Å². The lowest BCUT2D eigenvalue weighted by Gasteiger charge is -2.18. The number of hydrogen-bond acceptors (Lipinski definition) is 2. The average Bonchev–Trinajstić information content (AvgIpc) is 2.25. The number of carbonyl (C=O) groups is 1. The average molecular weight is 263 g/mol. The van der Waals surface area contributed by atoms with Crippen molar-refractivity contribution in [2.24, 2.45) is 0 Å². The molecule has 1 rings (SSSR count). The lowest BCUT2D eigenvalue weighted by Crippen LogP contribution is -2.30. The van der Waals surface area contributed by atoms with Crippen molar-refractivity contribution >= 4 is 18.5 Å². The van der Waals surface area contributed by atoms with Gasteiger partial charge in [-0.15, -0.1) is 12.6 Å². The Labute approximate surface area is 103 Å². The van der Waals surface area contributed by atoms with Crippen LogP contribution in [-0.2, 0) is 0 Å². The molecule has 0 unspecified atom stereocenters. The Morgan fingerprint density at radius 1 is 1.29 bits per heavy atom. The molecule has 1 aromatic rings. The molecule has 0 atom stereocenters. The van der Waals surface area contributed by atoms with Gasteiger partial charge in [0.1, 0.15) is 0 Å². The number of nitrogens with zero attached hydrogens (tertiary/aromatic N) is 1. The molecule has 2 nitrogen and oxygen atoms in total. The summed E-state index contributed by atoms with van der Waals surface area (Å²) >= 11 is 4.06. The molecule has 0 aliphatic rings. The summed E-state index contributed by atoms with van der Waals surface area (Å²) in [6.07, 6.45) is -5.25. The van der Waals surface area contributed by atoms with E-state index in [2.05, 4.69) is 12.6 Å². The van der Waals surface area contributed by atoms with Crippen LogP contribution in [0.15, 0.2) is 29.2 Å². The summed E-state index contributed by atoms with van der Waals surface area (Å²) in [6.45, 7) is -0.342. The van der Waals surface area contributed by atoms with Gasteiger partial charge in [0.2, 0.25) is 0 Å². The topological polar surface area (TPSA) is 20.3 Å². The van der Waals surface area contributed by atoms with Gasteiger partial charge in [0.05, 0.1) is 6.42 Å². The third-order valence-electron chi connectivity index (χ3n) is 2.19. The summed E-state index contributed by atoms with van der Waals surface area (Å²) in [4.78, 5) is 13.5. The molecule has 0 saturated carbocycles. The van der Waals surface area contributed by atoms with E-state index in [0.717, 1.165) is 4.90 Å². The number of hydrogen-bond donors (Lipinski definition) is 1. The fourth-order valence-electron chi connectivity index (χ4n) is 1.22. The smallest absolute Gasteiger partial charge is 0.341 e. The van der Waals surface area contributed by atoms with Crippen molar-refractivity contribution in [1.82, 2.24) is 4.90 Å². The molecule has 0 aliphatic heterocycles. The van der Waals surface area contributed by atoms with E-state index in [1.54, 1.807) is 12.1 Å². The van der Waals surface area contributed by atoms with Crippen LogP contribution in [0.1, 0.15) is 16.8 Å². The predicted octanol–water partition coefficient (Wildman–Crippen LogP) is 3.00. The molecular formula is C11H12F3NOS. The van der Waals surface area contributed by atoms with Crippen molar-refractivity contribution in [3.05, 3.63) is 29.8 Å². The Kier molecular flexibility index (Phi) is 4.45. The molecule has 94 valence electrons. The normalized spacial score (nSPS) is 11.4. The van der Waals surface area contributed by atoms with Crippen LogP contribution in [-0.4, -0.2) is 30.6 Å². The molecular weight excluding hydrogens is 251 g/mol. The second-order valence-corrected chi connectivity index (χ2v) is 4.16. The fraction of sp³-hybridized carbons (Fsp3) is 0.364. The van der Waals surface area contributed by atoms with E-state index < -0.39 is 18.5 Å². The number of halogens is 3. The van der Waals surface area contributed by atoms with E-state index in [4.69, 9.17) is 0 Å². The summed E-state index contributed by atoms with van der Waals surface area (Å²) in [6, 6.07) is 6.31. The molecule has 0 spiro atoms. The number of benzene rings is 1. The molecule has 0 aromatic heterocycles. The number of amides is 1. The molecule has 0 heterocycles. The fourth-order valence-corrected chi connectivity index (χ4v) is 1.37. The van der Waals surface area contributed by atoms with Crippen LogP contribution in [0.4, 0.5) is 13.2 Å². The van der Waals surface area contributed by atoms with Gasteiger partial charge >= 0.3 is 6.18 Å². The number of alkyl halides is 3. The predicted molar refractivity (Wildman–Crippen MR) is 61.3 cm³/mol. The third-order valence-corrected chi connectivity index (χ3v) is 2.49. The van der Waals surface area contributed by atoms with E-state index in [0.29, 0.717) is 10.5 Å². The molecule has 0 saturated heterocycles. The second-order valence-electron chi connectivity index (χ2n) is 3.64. The Morgan fingerprint density at radius 2 is 1.82 bits per heavy atom. The van der Waals surface area contributed by atoms with Gasteiger partial charge in [0, 0.05) is 24.1 Å². The highest BCUT2D eigenvalue weighted by Crippen LogP contribution is 2.20. The summed E-state index contributed by atoms with van der Waals surface area (Å²) in [5.41, 5.74) is 0.354. The summed E-state index contributed by atoms with van der Waals surface area (Å²) in [5.74, 6) is -0.428. The number of rotatable bonds is 3. The zero-order chi connectivity index (χ0) is 13.1. The molecule has 0 aliphatic carbocycles. The highest BCUT2D eigenvalue weighted by molar-refractivity contribution is 7.80. The van der Waals surface area contributed by atoms with E-state index in [9.17, 15) is 18.0 Å². The maximum absolute atomic E-state index is 12.0. The maximum atomic E-state index is 12.0. The van der Waals surface area contributed by atoms with Crippen molar-refractivity contribution in [3.8, 4) is 0 Å². The van der Waals surface area contributed by atoms with E-state index in [1.807, 2.05) is 0 Å². The lowest BCUT2D eigenvalue weighted by atomic mass is 10.2. The molecule has 0 bridgehead atoms. The molecule has 1 amide bonds. The molecule has 1 aromatic carbocycles. The van der Waals surface area contributed by atoms with Crippen molar-refractivity contribution in [2.45, 2.75) is 17.5 Å². The minimum absolute atomic E-state index is 0.342. The third kappa shape index (κ3) is 4.68. The first-order valence-electron chi connectivity index (χ1n) is 4.91. The second kappa shape index (κ2) is 5.44. The van der Waals surface area contributed by atoms with Gasteiger partial charge in [-0.05, 0) is 24.3 Å². The number of thiol groups is 1.